The first kappa shape index (κ1) is 11.9. The highest BCUT2D eigenvalue weighted by molar-refractivity contribution is 9.10. The number of aliphatic hydroxyl groups excluding tert-OH is 1. The maximum Gasteiger partial charge on any atom is 0.237 e. The number of hydrogen-bond acceptors (Lipinski definition) is 4. The van der Waals surface area contributed by atoms with Gasteiger partial charge >= 0.3 is 0 Å². The molecule has 0 bridgehead atoms. The molecule has 0 saturated carbocycles. The fourth-order valence-electron chi connectivity index (χ4n) is 1.15. The highest BCUT2D eigenvalue weighted by Gasteiger charge is 2.06. The first-order valence-corrected chi connectivity index (χ1v) is 5.53. The highest BCUT2D eigenvalue weighted by atomic mass is 79.9. The maximum atomic E-state index is 13.4. The molecule has 88 valence electrons. The molecule has 0 atom stereocenters. The Bertz CT molecular complexity index is 519. The number of aromatic nitrogens is 2. The highest BCUT2D eigenvalue weighted by Crippen LogP contribution is 2.25. The molecule has 4 nitrogen and oxygen atoms in total. The van der Waals surface area contributed by atoms with Crippen molar-refractivity contribution < 1.29 is 14.2 Å². The van der Waals surface area contributed by atoms with Crippen LogP contribution in [0.3, 0.4) is 0 Å². The zero-order valence-corrected chi connectivity index (χ0v) is 10.2. The third kappa shape index (κ3) is 2.98. The number of hydrogen-bond donors (Lipinski definition) is 1. The molecule has 1 heterocycles. The van der Waals surface area contributed by atoms with Crippen molar-refractivity contribution in [3.05, 3.63) is 46.6 Å². The molecule has 1 aromatic carbocycles. The van der Waals surface area contributed by atoms with E-state index >= 15 is 0 Å². The van der Waals surface area contributed by atoms with Gasteiger partial charge in [0.15, 0.2) is 11.6 Å². The van der Waals surface area contributed by atoms with E-state index in [1.165, 1.54) is 24.5 Å². The monoisotopic (exact) mass is 298 g/mol. The number of benzene rings is 1. The molecule has 1 N–H and O–H groups in total. The predicted molar refractivity (Wildman–Crippen MR) is 62.1 cm³/mol. The van der Waals surface area contributed by atoms with Gasteiger partial charge in [0.05, 0.1) is 24.7 Å². The fourth-order valence-corrected chi connectivity index (χ4v) is 1.48. The molecule has 2 aromatic rings. The van der Waals surface area contributed by atoms with E-state index in [0.717, 1.165) is 0 Å². The molecule has 1 aromatic heterocycles. The Labute approximate surface area is 105 Å². The number of halogens is 2. The van der Waals surface area contributed by atoms with E-state index in [1.54, 1.807) is 6.07 Å². The van der Waals surface area contributed by atoms with Gasteiger partial charge < -0.3 is 9.84 Å². The lowest BCUT2D eigenvalue weighted by Crippen LogP contribution is -1.95. The molecule has 0 unspecified atom stereocenters. The van der Waals surface area contributed by atoms with Gasteiger partial charge in [-0.1, -0.05) is 15.9 Å². The van der Waals surface area contributed by atoms with Crippen LogP contribution in [0.2, 0.25) is 0 Å². The Morgan fingerprint density at radius 3 is 2.71 bits per heavy atom. The second-order valence-corrected chi connectivity index (χ2v) is 4.10. The van der Waals surface area contributed by atoms with Crippen LogP contribution in [0.1, 0.15) is 5.69 Å². The summed E-state index contributed by atoms with van der Waals surface area (Å²) in [5.74, 6) is -0.255. The molecule has 2 rings (SSSR count). The third-order valence-electron chi connectivity index (χ3n) is 1.95. The van der Waals surface area contributed by atoms with E-state index in [-0.39, 0.29) is 18.2 Å². The van der Waals surface area contributed by atoms with Crippen molar-refractivity contribution in [2.45, 2.75) is 6.61 Å². The van der Waals surface area contributed by atoms with Crippen molar-refractivity contribution in [1.29, 1.82) is 0 Å². The molecule has 0 amide bonds. The Balaban J connectivity index is 2.19. The van der Waals surface area contributed by atoms with Crippen LogP contribution in [0.15, 0.2) is 35.1 Å². The summed E-state index contributed by atoms with van der Waals surface area (Å²) in [6.07, 6.45) is 2.69. The molecular formula is C11H8BrFN2O2. The van der Waals surface area contributed by atoms with Gasteiger partial charge in [0, 0.05) is 4.47 Å². The van der Waals surface area contributed by atoms with Crippen molar-refractivity contribution in [3.63, 3.8) is 0 Å². The van der Waals surface area contributed by atoms with Gasteiger partial charge in [0.1, 0.15) is 0 Å². The van der Waals surface area contributed by atoms with E-state index in [1.807, 2.05) is 0 Å². The second kappa shape index (κ2) is 5.20. The molecule has 0 aliphatic rings. The Morgan fingerprint density at radius 1 is 1.29 bits per heavy atom. The van der Waals surface area contributed by atoms with Crippen LogP contribution in [0.4, 0.5) is 4.39 Å². The van der Waals surface area contributed by atoms with Crippen molar-refractivity contribution in [3.8, 4) is 11.6 Å². The van der Waals surface area contributed by atoms with Crippen LogP contribution < -0.4 is 4.74 Å². The SMILES string of the molecule is OCc1cnc(Oc2ccc(Br)cc2F)cn1. The first-order valence-electron chi connectivity index (χ1n) is 4.73. The van der Waals surface area contributed by atoms with Crippen LogP contribution in [0.5, 0.6) is 11.6 Å². The third-order valence-corrected chi connectivity index (χ3v) is 2.45. The summed E-state index contributed by atoms with van der Waals surface area (Å²) in [4.78, 5) is 7.76. The lowest BCUT2D eigenvalue weighted by molar-refractivity contribution is 0.275. The number of aliphatic hydroxyl groups is 1. The minimum atomic E-state index is -0.493. The standard InChI is InChI=1S/C11H8BrFN2O2/c12-7-1-2-10(9(13)3-7)17-11-5-14-8(6-16)4-15-11/h1-5,16H,6H2. The van der Waals surface area contributed by atoms with Gasteiger partial charge in [-0.2, -0.15) is 0 Å². The Morgan fingerprint density at radius 2 is 2.12 bits per heavy atom. The zero-order valence-electron chi connectivity index (χ0n) is 8.60. The van der Waals surface area contributed by atoms with Gasteiger partial charge in [-0.25, -0.2) is 9.37 Å². The predicted octanol–water partition coefficient (Wildman–Crippen LogP) is 2.66. The summed E-state index contributed by atoms with van der Waals surface area (Å²) in [5, 5.41) is 8.78. The normalized spacial score (nSPS) is 10.3. The topological polar surface area (TPSA) is 55.2 Å². The van der Waals surface area contributed by atoms with Gasteiger partial charge in [-0.3, -0.25) is 4.98 Å². The minimum Gasteiger partial charge on any atom is -0.434 e. The molecule has 0 radical (unpaired) electrons. The van der Waals surface area contributed by atoms with E-state index in [2.05, 4.69) is 25.9 Å². The lowest BCUT2D eigenvalue weighted by atomic mass is 10.3. The molecular weight excluding hydrogens is 291 g/mol. The molecule has 0 aliphatic carbocycles. The van der Waals surface area contributed by atoms with Crippen LogP contribution in [-0.2, 0) is 6.61 Å². The van der Waals surface area contributed by atoms with Crippen LogP contribution in [0.25, 0.3) is 0 Å². The molecule has 17 heavy (non-hydrogen) atoms. The first-order chi connectivity index (χ1) is 8.19. The Kier molecular flexibility index (Phi) is 3.65. The van der Waals surface area contributed by atoms with Crippen LogP contribution in [0, 0.1) is 5.82 Å². The summed E-state index contributed by atoms with van der Waals surface area (Å²) in [6, 6.07) is 4.44. The summed E-state index contributed by atoms with van der Waals surface area (Å²) in [5.41, 5.74) is 0.425. The van der Waals surface area contributed by atoms with Crippen molar-refractivity contribution in [2.75, 3.05) is 0 Å². The smallest absolute Gasteiger partial charge is 0.237 e. The zero-order chi connectivity index (χ0) is 12.3. The lowest BCUT2D eigenvalue weighted by Gasteiger charge is -2.05. The summed E-state index contributed by atoms with van der Waals surface area (Å²) < 4.78 is 19.3. The van der Waals surface area contributed by atoms with Crippen LogP contribution in [-0.4, -0.2) is 15.1 Å². The van der Waals surface area contributed by atoms with Crippen molar-refractivity contribution in [1.82, 2.24) is 9.97 Å². The average molecular weight is 299 g/mol. The summed E-state index contributed by atoms with van der Waals surface area (Å²) >= 11 is 3.15. The molecule has 0 fully saturated rings. The van der Waals surface area contributed by atoms with E-state index < -0.39 is 5.82 Å². The van der Waals surface area contributed by atoms with Gasteiger partial charge in [-0.15, -0.1) is 0 Å². The van der Waals surface area contributed by atoms with Gasteiger partial charge in [0.2, 0.25) is 5.88 Å². The number of rotatable bonds is 3. The van der Waals surface area contributed by atoms with Gasteiger partial charge in [-0.05, 0) is 18.2 Å². The van der Waals surface area contributed by atoms with Crippen molar-refractivity contribution in [2.24, 2.45) is 0 Å². The molecule has 0 spiro atoms. The second-order valence-electron chi connectivity index (χ2n) is 3.18. The molecule has 0 aliphatic heterocycles. The summed E-state index contributed by atoms with van der Waals surface area (Å²) in [6.45, 7) is -0.195. The van der Waals surface area contributed by atoms with E-state index in [4.69, 9.17) is 9.84 Å². The van der Waals surface area contributed by atoms with E-state index in [0.29, 0.717) is 10.2 Å². The fraction of sp³-hybridized carbons (Fsp3) is 0.0909. The van der Waals surface area contributed by atoms with Crippen molar-refractivity contribution >= 4 is 15.9 Å². The quantitative estimate of drug-likeness (QED) is 0.946. The van der Waals surface area contributed by atoms with Crippen LogP contribution >= 0.6 is 15.9 Å². The molecule has 0 saturated heterocycles. The number of nitrogens with zero attached hydrogens (tertiary/aromatic N) is 2. The number of ether oxygens (including phenoxy) is 1. The maximum absolute atomic E-state index is 13.4. The Hall–Kier alpha value is -1.53. The minimum absolute atomic E-state index is 0.0687. The van der Waals surface area contributed by atoms with Gasteiger partial charge in [0.25, 0.3) is 0 Å². The average Bonchev–Trinajstić information content (AvgIpc) is 2.34. The molecule has 6 heteroatoms. The van der Waals surface area contributed by atoms with E-state index in [9.17, 15) is 4.39 Å². The summed E-state index contributed by atoms with van der Waals surface area (Å²) in [7, 11) is 0. The largest absolute Gasteiger partial charge is 0.434 e.